The summed E-state index contributed by atoms with van der Waals surface area (Å²) in [5, 5.41) is 0. The molecule has 0 aromatic carbocycles. The molecule has 0 saturated carbocycles. The van der Waals surface area contributed by atoms with E-state index in [0.717, 1.165) is 11.1 Å². The minimum absolute atomic E-state index is 0.142. The lowest BCUT2D eigenvalue weighted by Gasteiger charge is -2.32. The monoisotopic (exact) mass is 398 g/mol. The molecule has 0 bridgehead atoms. The summed E-state index contributed by atoms with van der Waals surface area (Å²) in [4.78, 5) is 23.3. The summed E-state index contributed by atoms with van der Waals surface area (Å²) < 4.78 is 9.21. The van der Waals surface area contributed by atoms with Gasteiger partial charge in [0.05, 0.1) is 14.2 Å². The van der Waals surface area contributed by atoms with Crippen LogP contribution >= 0.6 is 0 Å². The zero-order valence-corrected chi connectivity index (χ0v) is 18.8. The van der Waals surface area contributed by atoms with Crippen LogP contribution in [0.15, 0.2) is 70.4 Å². The second kappa shape index (κ2) is 11.4. The Labute approximate surface area is 175 Å². The molecule has 0 atom stereocenters. The Hall–Kier alpha value is -2.62. The van der Waals surface area contributed by atoms with Gasteiger partial charge in [-0.3, -0.25) is 0 Å². The van der Waals surface area contributed by atoms with Crippen molar-refractivity contribution in [2.75, 3.05) is 14.2 Å². The fourth-order valence-electron chi connectivity index (χ4n) is 3.34. The molecule has 0 fully saturated rings. The van der Waals surface area contributed by atoms with Crippen molar-refractivity contribution in [3.05, 3.63) is 70.4 Å². The highest BCUT2D eigenvalue weighted by Crippen LogP contribution is 2.40. The van der Waals surface area contributed by atoms with E-state index in [1.54, 1.807) is 6.08 Å². The molecule has 0 aromatic rings. The van der Waals surface area contributed by atoms with Crippen molar-refractivity contribution in [3.63, 3.8) is 0 Å². The van der Waals surface area contributed by atoms with E-state index in [9.17, 15) is 9.59 Å². The Morgan fingerprint density at radius 3 is 2.07 bits per heavy atom. The predicted molar refractivity (Wildman–Crippen MR) is 118 cm³/mol. The van der Waals surface area contributed by atoms with Gasteiger partial charge in [0.25, 0.3) is 0 Å². The fraction of sp³-hybridized carbons (Fsp3) is 0.440. The number of allylic oxidation sites excluding steroid dienone is 11. The summed E-state index contributed by atoms with van der Waals surface area (Å²) in [5.74, 6) is -1.44. The van der Waals surface area contributed by atoms with Crippen molar-refractivity contribution in [2.24, 2.45) is 5.41 Å². The molecular formula is C25H34O4. The second-order valence-electron chi connectivity index (χ2n) is 8.01. The van der Waals surface area contributed by atoms with Gasteiger partial charge in [-0.2, -0.15) is 0 Å². The average Bonchev–Trinajstić information content (AvgIpc) is 2.66. The first-order valence-electron chi connectivity index (χ1n) is 9.91. The van der Waals surface area contributed by atoms with Gasteiger partial charge < -0.3 is 9.47 Å². The van der Waals surface area contributed by atoms with Crippen LogP contribution in [-0.4, -0.2) is 26.2 Å². The van der Waals surface area contributed by atoms with Crippen LogP contribution in [0, 0.1) is 5.41 Å². The Morgan fingerprint density at radius 1 is 0.931 bits per heavy atom. The lowest BCUT2D eigenvalue weighted by molar-refractivity contribution is -0.144. The number of rotatable bonds is 7. The maximum atomic E-state index is 11.6. The first kappa shape index (κ1) is 24.4. The molecule has 1 aliphatic rings. The van der Waals surface area contributed by atoms with Gasteiger partial charge >= 0.3 is 11.9 Å². The van der Waals surface area contributed by atoms with Crippen molar-refractivity contribution in [1.82, 2.24) is 0 Å². The number of carbonyl (C=O) groups is 2. The molecule has 4 nitrogen and oxygen atoms in total. The van der Waals surface area contributed by atoms with Gasteiger partial charge in [0.2, 0.25) is 0 Å². The molecule has 1 rings (SSSR count). The molecule has 0 aliphatic heterocycles. The van der Waals surface area contributed by atoms with E-state index in [-0.39, 0.29) is 11.0 Å². The van der Waals surface area contributed by atoms with Crippen molar-refractivity contribution in [3.8, 4) is 0 Å². The molecule has 0 saturated heterocycles. The minimum Gasteiger partial charge on any atom is -0.465 e. The van der Waals surface area contributed by atoms with E-state index in [4.69, 9.17) is 0 Å². The smallest absolute Gasteiger partial charge is 0.345 e. The molecular weight excluding hydrogens is 364 g/mol. The third kappa shape index (κ3) is 7.72. The normalized spacial score (nSPS) is 17.6. The van der Waals surface area contributed by atoms with Gasteiger partial charge in [0.15, 0.2) is 0 Å². The largest absolute Gasteiger partial charge is 0.465 e. The first-order valence-corrected chi connectivity index (χ1v) is 9.91. The molecule has 0 radical (unpaired) electrons. The highest BCUT2D eigenvalue weighted by molar-refractivity contribution is 6.14. The zero-order valence-electron chi connectivity index (χ0n) is 18.8. The van der Waals surface area contributed by atoms with E-state index < -0.39 is 11.9 Å². The lowest BCUT2D eigenvalue weighted by atomic mass is 9.72. The minimum atomic E-state index is -0.721. The zero-order chi connectivity index (χ0) is 22.0. The van der Waals surface area contributed by atoms with Crippen molar-refractivity contribution in [2.45, 2.75) is 53.9 Å². The average molecular weight is 399 g/mol. The summed E-state index contributed by atoms with van der Waals surface area (Å²) in [6.07, 6.45) is 17.1. The molecule has 0 spiro atoms. The third-order valence-electron chi connectivity index (χ3n) is 5.10. The van der Waals surface area contributed by atoms with Gasteiger partial charge in [-0.05, 0) is 57.1 Å². The summed E-state index contributed by atoms with van der Waals surface area (Å²) in [6, 6.07) is 0. The van der Waals surface area contributed by atoms with Gasteiger partial charge in [-0.15, -0.1) is 0 Å². The van der Waals surface area contributed by atoms with Crippen LogP contribution in [0.5, 0.6) is 0 Å². The van der Waals surface area contributed by atoms with Crippen LogP contribution in [0.25, 0.3) is 0 Å². The Kier molecular flexibility index (Phi) is 9.60. The SMILES string of the molecule is COC(=O)C(=C/C=C(C)/C=C/C=C(C)/C=C/C1=C(C)CCCC1(C)C)C(=O)OC. The van der Waals surface area contributed by atoms with Crippen molar-refractivity contribution >= 4 is 11.9 Å². The summed E-state index contributed by atoms with van der Waals surface area (Å²) >= 11 is 0. The van der Waals surface area contributed by atoms with Crippen LogP contribution < -0.4 is 0 Å². The van der Waals surface area contributed by atoms with Gasteiger partial charge in [0, 0.05) is 0 Å². The maximum Gasteiger partial charge on any atom is 0.345 e. The standard InChI is InChI=1S/C25H34O4/c1-18(13-15-21(23(26)28-6)24(27)29-7)10-8-11-19(2)14-16-22-20(3)12-9-17-25(22,4)5/h8,10-11,13-16H,9,12,17H2,1-7H3/b10-8+,16-14+,18-13+,19-11+. The number of hydrogen-bond acceptors (Lipinski definition) is 4. The highest BCUT2D eigenvalue weighted by Gasteiger charge is 2.26. The van der Waals surface area contributed by atoms with Crippen molar-refractivity contribution < 1.29 is 19.1 Å². The van der Waals surface area contributed by atoms with Crippen LogP contribution in [0.3, 0.4) is 0 Å². The summed E-state index contributed by atoms with van der Waals surface area (Å²) in [6.45, 7) is 10.8. The number of carbonyl (C=O) groups excluding carboxylic acids is 2. The highest BCUT2D eigenvalue weighted by atomic mass is 16.5. The van der Waals surface area contributed by atoms with Crippen LogP contribution in [0.2, 0.25) is 0 Å². The number of methoxy groups -OCH3 is 2. The molecule has 1 aliphatic carbocycles. The van der Waals surface area contributed by atoms with E-state index in [2.05, 4.69) is 49.3 Å². The van der Waals surface area contributed by atoms with Crippen LogP contribution in [0.4, 0.5) is 0 Å². The van der Waals surface area contributed by atoms with Crippen LogP contribution in [0.1, 0.15) is 53.9 Å². The predicted octanol–water partition coefficient (Wildman–Crippen LogP) is 5.79. The number of esters is 2. The van der Waals surface area contributed by atoms with E-state index in [1.165, 1.54) is 50.7 Å². The summed E-state index contributed by atoms with van der Waals surface area (Å²) in [5.41, 5.74) is 5.05. The second-order valence-corrected chi connectivity index (χ2v) is 8.01. The Bertz CT molecular complexity index is 781. The quantitative estimate of drug-likeness (QED) is 0.179. The maximum absolute atomic E-state index is 11.6. The number of ether oxygens (including phenoxy) is 2. The van der Waals surface area contributed by atoms with E-state index in [0.29, 0.717) is 0 Å². The Morgan fingerprint density at radius 2 is 1.52 bits per heavy atom. The molecule has 29 heavy (non-hydrogen) atoms. The molecule has 4 heteroatoms. The van der Waals surface area contributed by atoms with Gasteiger partial charge in [0.1, 0.15) is 5.57 Å². The molecule has 158 valence electrons. The molecule has 0 heterocycles. The number of hydrogen-bond donors (Lipinski definition) is 0. The van der Waals surface area contributed by atoms with E-state index in [1.807, 2.05) is 25.2 Å². The lowest BCUT2D eigenvalue weighted by Crippen LogP contribution is -2.19. The first-order chi connectivity index (χ1) is 13.6. The molecule has 0 N–H and O–H groups in total. The summed E-state index contributed by atoms with van der Waals surface area (Å²) in [7, 11) is 2.45. The third-order valence-corrected chi connectivity index (χ3v) is 5.10. The fourth-order valence-corrected chi connectivity index (χ4v) is 3.34. The Balaban J connectivity index is 2.87. The molecule has 0 aromatic heterocycles. The van der Waals surface area contributed by atoms with Crippen LogP contribution in [-0.2, 0) is 19.1 Å². The topological polar surface area (TPSA) is 52.6 Å². The molecule has 0 amide bonds. The molecule has 0 unspecified atom stereocenters. The van der Waals surface area contributed by atoms with Crippen molar-refractivity contribution in [1.29, 1.82) is 0 Å². The van der Waals surface area contributed by atoms with Gasteiger partial charge in [-0.25, -0.2) is 9.59 Å². The van der Waals surface area contributed by atoms with Gasteiger partial charge in [-0.1, -0.05) is 67.0 Å². The van der Waals surface area contributed by atoms with E-state index >= 15 is 0 Å².